The van der Waals surface area contributed by atoms with Crippen molar-refractivity contribution in [3.63, 3.8) is 0 Å². The van der Waals surface area contributed by atoms with Crippen LogP contribution in [0.3, 0.4) is 0 Å². The summed E-state index contributed by atoms with van der Waals surface area (Å²) in [6.45, 7) is 4.10. The van der Waals surface area contributed by atoms with Crippen LogP contribution < -0.4 is 10.5 Å². The molecule has 0 aliphatic rings. The summed E-state index contributed by atoms with van der Waals surface area (Å²) in [5.74, 6) is 1.04. The van der Waals surface area contributed by atoms with Crippen molar-refractivity contribution in [1.29, 1.82) is 0 Å². The van der Waals surface area contributed by atoms with E-state index in [1.807, 2.05) is 26.0 Å². The second-order valence-corrected chi connectivity index (χ2v) is 6.74. The van der Waals surface area contributed by atoms with Gasteiger partial charge in [-0.3, -0.25) is 0 Å². The highest BCUT2D eigenvalue weighted by Crippen LogP contribution is 2.23. The Morgan fingerprint density at radius 3 is 2.39 bits per heavy atom. The van der Waals surface area contributed by atoms with Crippen molar-refractivity contribution in [2.24, 2.45) is 5.73 Å². The fourth-order valence-corrected chi connectivity index (χ4v) is 2.98. The molecule has 0 amide bonds. The molecule has 0 saturated carbocycles. The lowest BCUT2D eigenvalue weighted by Crippen LogP contribution is -2.19. The molecule has 0 aliphatic heterocycles. The van der Waals surface area contributed by atoms with E-state index in [9.17, 15) is 8.42 Å². The molecular formula is C13H21NO3S. The fourth-order valence-electron chi connectivity index (χ4n) is 1.89. The molecule has 0 aliphatic carbocycles. The minimum Gasteiger partial charge on any atom is -0.496 e. The van der Waals surface area contributed by atoms with Crippen molar-refractivity contribution in [2.75, 3.05) is 25.2 Å². The van der Waals surface area contributed by atoms with Crippen molar-refractivity contribution < 1.29 is 13.2 Å². The predicted molar refractivity (Wildman–Crippen MR) is 73.9 cm³/mol. The number of rotatable bonds is 6. The largest absolute Gasteiger partial charge is 0.496 e. The molecule has 0 fully saturated rings. The third-order valence-electron chi connectivity index (χ3n) is 2.96. The minimum atomic E-state index is -3.03. The third-order valence-corrected chi connectivity index (χ3v) is 4.65. The van der Waals surface area contributed by atoms with Gasteiger partial charge >= 0.3 is 0 Å². The molecule has 4 nitrogen and oxygen atoms in total. The van der Waals surface area contributed by atoms with Crippen LogP contribution in [0.5, 0.6) is 5.75 Å². The number of benzene rings is 1. The Labute approximate surface area is 109 Å². The van der Waals surface area contributed by atoms with Gasteiger partial charge in [0, 0.05) is 6.54 Å². The van der Waals surface area contributed by atoms with E-state index in [1.54, 1.807) is 7.11 Å². The summed E-state index contributed by atoms with van der Waals surface area (Å²) in [6.07, 6.45) is 0.527. The van der Waals surface area contributed by atoms with Crippen LogP contribution in [0.4, 0.5) is 0 Å². The van der Waals surface area contributed by atoms with Gasteiger partial charge in [-0.05, 0) is 43.0 Å². The molecule has 0 heterocycles. The van der Waals surface area contributed by atoms with E-state index < -0.39 is 9.84 Å². The van der Waals surface area contributed by atoms with E-state index in [0.717, 1.165) is 22.4 Å². The first-order chi connectivity index (χ1) is 8.39. The molecule has 0 unspecified atom stereocenters. The lowest BCUT2D eigenvalue weighted by Gasteiger charge is -2.11. The lowest BCUT2D eigenvalue weighted by atomic mass is 10.0. The summed E-state index contributed by atoms with van der Waals surface area (Å²) < 4.78 is 28.5. The second-order valence-electron chi connectivity index (χ2n) is 4.44. The molecule has 5 heteroatoms. The topological polar surface area (TPSA) is 69.4 Å². The highest BCUT2D eigenvalue weighted by molar-refractivity contribution is 7.91. The Balaban J connectivity index is 2.83. The first-order valence-electron chi connectivity index (χ1n) is 5.94. The maximum absolute atomic E-state index is 11.6. The molecule has 0 bridgehead atoms. The zero-order valence-electron chi connectivity index (χ0n) is 11.2. The highest BCUT2D eigenvalue weighted by Gasteiger charge is 2.12. The van der Waals surface area contributed by atoms with Crippen LogP contribution in [-0.2, 0) is 16.3 Å². The smallest absolute Gasteiger partial charge is 0.151 e. The van der Waals surface area contributed by atoms with E-state index in [0.29, 0.717) is 6.42 Å². The molecule has 1 aromatic rings. The van der Waals surface area contributed by atoms with Crippen molar-refractivity contribution in [1.82, 2.24) is 0 Å². The average Bonchev–Trinajstić information content (AvgIpc) is 2.29. The van der Waals surface area contributed by atoms with Crippen LogP contribution in [0.25, 0.3) is 0 Å². The number of sulfone groups is 1. The average molecular weight is 271 g/mol. The summed E-state index contributed by atoms with van der Waals surface area (Å²) in [5.41, 5.74) is 8.41. The van der Waals surface area contributed by atoms with Crippen molar-refractivity contribution >= 4 is 9.84 Å². The van der Waals surface area contributed by atoms with Crippen LogP contribution in [0.1, 0.15) is 16.7 Å². The Kier molecular flexibility index (Phi) is 5.16. The molecular weight excluding hydrogens is 250 g/mol. The molecule has 18 heavy (non-hydrogen) atoms. The van der Waals surface area contributed by atoms with Gasteiger partial charge < -0.3 is 10.5 Å². The molecule has 0 radical (unpaired) electrons. The standard InChI is InChI=1S/C13H21NO3S/c1-10-9-13(17-3)11(2)8-12(10)4-6-18(15,16)7-5-14/h8-9H,4-7,14H2,1-3H3. The quantitative estimate of drug-likeness (QED) is 0.845. The van der Waals surface area contributed by atoms with Crippen LogP contribution in [0, 0.1) is 13.8 Å². The molecule has 0 spiro atoms. The van der Waals surface area contributed by atoms with Gasteiger partial charge in [0.15, 0.2) is 9.84 Å². The molecule has 2 N–H and O–H groups in total. The van der Waals surface area contributed by atoms with Crippen LogP contribution in [-0.4, -0.2) is 33.6 Å². The number of ether oxygens (including phenoxy) is 1. The summed E-state index contributed by atoms with van der Waals surface area (Å²) in [4.78, 5) is 0. The normalized spacial score (nSPS) is 11.6. The molecule has 102 valence electrons. The van der Waals surface area contributed by atoms with Crippen molar-refractivity contribution in [2.45, 2.75) is 20.3 Å². The Morgan fingerprint density at radius 2 is 1.83 bits per heavy atom. The highest BCUT2D eigenvalue weighted by atomic mass is 32.2. The van der Waals surface area contributed by atoms with Gasteiger partial charge in [0.05, 0.1) is 18.6 Å². The summed E-state index contributed by atoms with van der Waals surface area (Å²) >= 11 is 0. The third kappa shape index (κ3) is 3.99. The Morgan fingerprint density at radius 1 is 1.17 bits per heavy atom. The van der Waals surface area contributed by atoms with Gasteiger partial charge in [-0.2, -0.15) is 0 Å². The zero-order valence-corrected chi connectivity index (χ0v) is 12.0. The van der Waals surface area contributed by atoms with Gasteiger partial charge in [-0.1, -0.05) is 6.07 Å². The number of hydrogen-bond acceptors (Lipinski definition) is 4. The first kappa shape index (κ1) is 15.0. The van der Waals surface area contributed by atoms with E-state index in [2.05, 4.69) is 0 Å². The maximum atomic E-state index is 11.6. The zero-order chi connectivity index (χ0) is 13.8. The minimum absolute atomic E-state index is 0.0567. The van der Waals surface area contributed by atoms with E-state index in [1.165, 1.54) is 0 Å². The van der Waals surface area contributed by atoms with Crippen molar-refractivity contribution in [3.8, 4) is 5.75 Å². The van der Waals surface area contributed by atoms with Crippen molar-refractivity contribution in [3.05, 3.63) is 28.8 Å². The number of aryl methyl sites for hydroxylation is 3. The second kappa shape index (κ2) is 6.20. The van der Waals surface area contributed by atoms with Gasteiger partial charge in [0.1, 0.15) is 5.75 Å². The van der Waals surface area contributed by atoms with Crippen LogP contribution >= 0.6 is 0 Å². The lowest BCUT2D eigenvalue weighted by molar-refractivity contribution is 0.411. The summed E-state index contributed by atoms with van der Waals surface area (Å²) in [5, 5.41) is 0. The molecule has 1 rings (SSSR count). The summed E-state index contributed by atoms with van der Waals surface area (Å²) in [7, 11) is -1.40. The van der Waals surface area contributed by atoms with Gasteiger partial charge in [-0.15, -0.1) is 0 Å². The van der Waals surface area contributed by atoms with Gasteiger partial charge in [0.25, 0.3) is 0 Å². The van der Waals surface area contributed by atoms with Gasteiger partial charge in [0.2, 0.25) is 0 Å². The summed E-state index contributed by atoms with van der Waals surface area (Å²) in [6, 6.07) is 3.94. The first-order valence-corrected chi connectivity index (χ1v) is 7.76. The monoisotopic (exact) mass is 271 g/mol. The van der Waals surface area contributed by atoms with Gasteiger partial charge in [-0.25, -0.2) is 8.42 Å². The van der Waals surface area contributed by atoms with E-state index in [4.69, 9.17) is 10.5 Å². The number of hydrogen-bond donors (Lipinski definition) is 1. The van der Waals surface area contributed by atoms with Crippen LogP contribution in [0.15, 0.2) is 12.1 Å². The van der Waals surface area contributed by atoms with E-state index in [-0.39, 0.29) is 18.1 Å². The maximum Gasteiger partial charge on any atom is 0.151 e. The molecule has 0 saturated heterocycles. The Hall–Kier alpha value is -1.07. The number of methoxy groups -OCH3 is 1. The fraction of sp³-hybridized carbons (Fsp3) is 0.538. The SMILES string of the molecule is COc1cc(C)c(CCS(=O)(=O)CCN)cc1C. The number of nitrogens with two attached hydrogens (primary N) is 1. The molecule has 0 atom stereocenters. The molecule has 0 aromatic heterocycles. The molecule has 1 aromatic carbocycles. The van der Waals surface area contributed by atoms with Crippen LogP contribution in [0.2, 0.25) is 0 Å². The Bertz CT molecular complexity index is 509. The predicted octanol–water partition coefficient (Wildman–Crippen LogP) is 1.23. The van der Waals surface area contributed by atoms with E-state index >= 15 is 0 Å².